The molecule has 0 spiro atoms. The number of hydrogen-bond acceptors (Lipinski definition) is 1. The van der Waals surface area contributed by atoms with E-state index < -0.39 is 0 Å². The number of fused-ring (bicyclic) bond motifs is 1. The summed E-state index contributed by atoms with van der Waals surface area (Å²) in [5.74, 6) is 0.926. The van der Waals surface area contributed by atoms with Gasteiger partial charge in [-0.1, -0.05) is 31.2 Å². The number of rotatable bonds is 2. The molecule has 3 aliphatic rings. The minimum Gasteiger partial charge on any atom is -0.316 e. The second kappa shape index (κ2) is 2.70. The highest BCUT2D eigenvalue weighted by atomic mass is 15.0. The molecule has 1 saturated heterocycles. The lowest BCUT2D eigenvalue weighted by Crippen LogP contribution is -2.19. The van der Waals surface area contributed by atoms with Crippen LogP contribution in [0, 0.1) is 5.92 Å². The van der Waals surface area contributed by atoms with Crippen molar-refractivity contribution in [3.63, 3.8) is 0 Å². The molecule has 0 amide bonds. The van der Waals surface area contributed by atoms with Crippen LogP contribution in [0.2, 0.25) is 0 Å². The van der Waals surface area contributed by atoms with Gasteiger partial charge in [-0.3, -0.25) is 0 Å². The molecule has 16 heavy (non-hydrogen) atoms. The summed E-state index contributed by atoms with van der Waals surface area (Å²) in [6.45, 7) is 4.82. The Kier molecular flexibility index (Phi) is 1.56. The smallest absolute Gasteiger partial charge is 0.0122 e. The highest BCUT2D eigenvalue weighted by Crippen LogP contribution is 2.56. The number of piperidine rings is 1. The Labute approximate surface area is 97.2 Å². The van der Waals surface area contributed by atoms with E-state index in [0.717, 1.165) is 5.92 Å². The first kappa shape index (κ1) is 9.23. The first-order chi connectivity index (χ1) is 7.73. The van der Waals surface area contributed by atoms with Crippen LogP contribution in [0.15, 0.2) is 24.3 Å². The van der Waals surface area contributed by atoms with Gasteiger partial charge in [-0.2, -0.15) is 0 Å². The van der Waals surface area contributed by atoms with E-state index in [1.807, 2.05) is 0 Å². The minimum atomic E-state index is 0.521. The van der Waals surface area contributed by atoms with Gasteiger partial charge in [-0.15, -0.1) is 0 Å². The van der Waals surface area contributed by atoms with E-state index in [9.17, 15) is 0 Å². The molecule has 1 nitrogen and oxygen atoms in total. The fourth-order valence-electron chi connectivity index (χ4n) is 3.47. The van der Waals surface area contributed by atoms with E-state index in [2.05, 4.69) is 36.5 Å². The molecular formula is C15H19N. The van der Waals surface area contributed by atoms with E-state index in [-0.39, 0.29) is 0 Å². The summed E-state index contributed by atoms with van der Waals surface area (Å²) in [7, 11) is 0. The first-order valence-corrected chi connectivity index (χ1v) is 6.55. The standard InChI is InChI=1S/C15H19N/c1-14(6-7-14)11-2-4-12(5-3-11)15-8-13(15)9-16-10-15/h2-5,13,16H,6-10H2,1H3. The maximum absolute atomic E-state index is 3.52. The Morgan fingerprint density at radius 1 is 1.12 bits per heavy atom. The van der Waals surface area contributed by atoms with Gasteiger partial charge in [0, 0.05) is 12.0 Å². The lowest BCUT2D eigenvalue weighted by Gasteiger charge is -2.15. The monoisotopic (exact) mass is 213 g/mol. The predicted molar refractivity (Wildman–Crippen MR) is 65.7 cm³/mol. The van der Waals surface area contributed by atoms with Crippen molar-refractivity contribution in [3.05, 3.63) is 35.4 Å². The van der Waals surface area contributed by atoms with Crippen molar-refractivity contribution in [2.24, 2.45) is 5.92 Å². The van der Waals surface area contributed by atoms with Gasteiger partial charge < -0.3 is 5.32 Å². The van der Waals surface area contributed by atoms with E-state index in [1.165, 1.54) is 32.4 Å². The Morgan fingerprint density at radius 3 is 2.31 bits per heavy atom. The van der Waals surface area contributed by atoms with Gasteiger partial charge in [-0.05, 0) is 48.3 Å². The maximum Gasteiger partial charge on any atom is 0.0122 e. The van der Waals surface area contributed by atoms with Crippen LogP contribution in [0.3, 0.4) is 0 Å². The molecule has 2 aliphatic carbocycles. The average molecular weight is 213 g/mol. The van der Waals surface area contributed by atoms with Gasteiger partial charge in [0.05, 0.1) is 0 Å². The van der Waals surface area contributed by atoms with Gasteiger partial charge in [0.1, 0.15) is 0 Å². The molecule has 1 heteroatoms. The molecule has 0 aromatic heterocycles. The fraction of sp³-hybridized carbons (Fsp3) is 0.600. The molecule has 2 atom stereocenters. The van der Waals surface area contributed by atoms with Gasteiger partial charge in [0.15, 0.2) is 0 Å². The highest BCUT2D eigenvalue weighted by Gasteiger charge is 2.57. The first-order valence-electron chi connectivity index (χ1n) is 6.55. The topological polar surface area (TPSA) is 12.0 Å². The summed E-state index contributed by atoms with van der Waals surface area (Å²) in [6, 6.07) is 9.55. The fourth-order valence-corrected chi connectivity index (χ4v) is 3.47. The zero-order chi connectivity index (χ0) is 10.8. The molecule has 1 heterocycles. The van der Waals surface area contributed by atoms with Crippen LogP contribution < -0.4 is 5.32 Å². The summed E-state index contributed by atoms with van der Waals surface area (Å²) in [4.78, 5) is 0. The van der Waals surface area contributed by atoms with E-state index in [4.69, 9.17) is 0 Å². The zero-order valence-corrected chi connectivity index (χ0v) is 9.92. The van der Waals surface area contributed by atoms with Gasteiger partial charge in [0.25, 0.3) is 0 Å². The lowest BCUT2D eigenvalue weighted by molar-refractivity contribution is 0.674. The number of nitrogens with one attached hydrogen (secondary N) is 1. The summed E-state index contributed by atoms with van der Waals surface area (Å²) >= 11 is 0. The third kappa shape index (κ3) is 1.10. The van der Waals surface area contributed by atoms with Gasteiger partial charge >= 0.3 is 0 Å². The summed E-state index contributed by atoms with van der Waals surface area (Å²) in [6.07, 6.45) is 4.17. The van der Waals surface area contributed by atoms with Crippen LogP contribution in [-0.2, 0) is 10.8 Å². The molecule has 84 valence electrons. The van der Waals surface area contributed by atoms with Crippen molar-refractivity contribution in [1.82, 2.24) is 5.32 Å². The van der Waals surface area contributed by atoms with Crippen molar-refractivity contribution in [2.75, 3.05) is 13.1 Å². The average Bonchev–Trinajstić information content (AvgIpc) is 3.20. The Morgan fingerprint density at radius 2 is 1.81 bits per heavy atom. The van der Waals surface area contributed by atoms with Crippen molar-refractivity contribution >= 4 is 0 Å². The van der Waals surface area contributed by atoms with E-state index in [1.54, 1.807) is 11.1 Å². The van der Waals surface area contributed by atoms with Crippen molar-refractivity contribution in [1.29, 1.82) is 0 Å². The van der Waals surface area contributed by atoms with Crippen LogP contribution in [-0.4, -0.2) is 13.1 Å². The van der Waals surface area contributed by atoms with Crippen LogP contribution in [0.1, 0.15) is 37.3 Å². The lowest BCUT2D eigenvalue weighted by atomic mass is 9.91. The largest absolute Gasteiger partial charge is 0.316 e. The second-order valence-electron chi connectivity index (χ2n) is 6.33. The summed E-state index contributed by atoms with van der Waals surface area (Å²) < 4.78 is 0. The van der Waals surface area contributed by atoms with Crippen molar-refractivity contribution in [2.45, 2.75) is 37.0 Å². The van der Waals surface area contributed by atoms with Gasteiger partial charge in [-0.25, -0.2) is 0 Å². The summed E-state index contributed by atoms with van der Waals surface area (Å²) in [5.41, 5.74) is 4.18. The van der Waals surface area contributed by atoms with Crippen LogP contribution >= 0.6 is 0 Å². The Balaban J connectivity index is 1.66. The molecular weight excluding hydrogens is 194 g/mol. The normalized spacial score (nSPS) is 38.2. The van der Waals surface area contributed by atoms with Crippen LogP contribution in [0.5, 0.6) is 0 Å². The Hall–Kier alpha value is -0.820. The quantitative estimate of drug-likeness (QED) is 0.796. The van der Waals surface area contributed by atoms with E-state index >= 15 is 0 Å². The minimum absolute atomic E-state index is 0.521. The molecule has 2 saturated carbocycles. The summed E-state index contributed by atoms with van der Waals surface area (Å²) in [5, 5.41) is 3.52. The zero-order valence-electron chi connectivity index (χ0n) is 9.92. The Bertz CT molecular complexity index is 429. The second-order valence-corrected chi connectivity index (χ2v) is 6.33. The third-order valence-corrected chi connectivity index (χ3v) is 5.22. The molecule has 3 fully saturated rings. The number of benzene rings is 1. The SMILES string of the molecule is CC1(c2ccc(C34CNCC3C4)cc2)CC1. The molecule has 4 rings (SSSR count). The van der Waals surface area contributed by atoms with Gasteiger partial charge in [0.2, 0.25) is 0 Å². The molecule has 0 radical (unpaired) electrons. The van der Waals surface area contributed by atoms with Crippen LogP contribution in [0.4, 0.5) is 0 Å². The third-order valence-electron chi connectivity index (χ3n) is 5.22. The highest BCUT2D eigenvalue weighted by molar-refractivity contribution is 5.41. The molecule has 1 aromatic rings. The molecule has 2 unspecified atom stereocenters. The maximum atomic E-state index is 3.52. The van der Waals surface area contributed by atoms with Crippen molar-refractivity contribution < 1.29 is 0 Å². The predicted octanol–water partition coefficient (Wildman–Crippen LogP) is 2.60. The van der Waals surface area contributed by atoms with E-state index in [0.29, 0.717) is 10.8 Å². The molecule has 1 aliphatic heterocycles. The number of hydrogen-bond donors (Lipinski definition) is 1. The van der Waals surface area contributed by atoms with Crippen LogP contribution in [0.25, 0.3) is 0 Å². The molecule has 0 bridgehead atoms. The molecule has 1 aromatic carbocycles. The molecule has 1 N–H and O–H groups in total. The van der Waals surface area contributed by atoms with Crippen molar-refractivity contribution in [3.8, 4) is 0 Å².